The molecule has 1 aromatic carbocycles. The zero-order valence-electron chi connectivity index (χ0n) is 12.6. The fourth-order valence-electron chi connectivity index (χ4n) is 3.85. The van der Waals surface area contributed by atoms with Gasteiger partial charge in [-0.05, 0) is 52.2 Å². The molecule has 5 heteroatoms. The van der Waals surface area contributed by atoms with Crippen molar-refractivity contribution in [2.75, 3.05) is 20.6 Å². The summed E-state index contributed by atoms with van der Waals surface area (Å²) in [6.45, 7) is 0.765. The number of carbonyl (C=O) groups is 1. The monoisotopic (exact) mass is 359 g/mol. The second-order valence-electron chi connectivity index (χ2n) is 6.15. The molecule has 0 fully saturated rings. The van der Waals surface area contributed by atoms with Crippen molar-refractivity contribution in [3.63, 3.8) is 0 Å². The van der Waals surface area contributed by atoms with Crippen molar-refractivity contribution >= 4 is 38.3 Å². The van der Waals surface area contributed by atoms with Crippen LogP contribution in [0.25, 0.3) is 16.5 Å². The van der Waals surface area contributed by atoms with E-state index in [1.165, 1.54) is 22.1 Å². The van der Waals surface area contributed by atoms with Gasteiger partial charge >= 0.3 is 0 Å². The maximum absolute atomic E-state index is 12.1. The van der Waals surface area contributed by atoms with E-state index in [0.717, 1.165) is 23.1 Å². The smallest absolute Gasteiger partial charge is 0.227 e. The molecule has 1 aliphatic heterocycles. The number of nitrogens with one attached hydrogen (secondary N) is 2. The number of aromatic amines is 1. The highest BCUT2D eigenvalue weighted by Crippen LogP contribution is 2.43. The fraction of sp³-hybridized carbons (Fsp3) is 0.353. The number of aromatic nitrogens is 1. The van der Waals surface area contributed by atoms with Crippen molar-refractivity contribution < 1.29 is 4.79 Å². The SMILES string of the molecule is CNC(=O)[C@@H]1C=C2c3cccc4[nH]c(Br)c(c34)C[C@H]2N(C)C1. The summed E-state index contributed by atoms with van der Waals surface area (Å²) in [5.41, 5.74) is 5.04. The minimum absolute atomic E-state index is 0.0829. The molecule has 0 saturated heterocycles. The van der Waals surface area contributed by atoms with Crippen LogP contribution >= 0.6 is 15.9 Å². The van der Waals surface area contributed by atoms with Crippen molar-refractivity contribution in [1.29, 1.82) is 0 Å². The summed E-state index contributed by atoms with van der Waals surface area (Å²) in [5, 5.41) is 4.07. The minimum atomic E-state index is -0.0829. The first kappa shape index (κ1) is 14.0. The number of nitrogens with zero attached hydrogens (tertiary/aromatic N) is 1. The number of fused-ring (bicyclic) bond motifs is 2. The Balaban J connectivity index is 1.93. The van der Waals surface area contributed by atoms with Crippen LogP contribution in [-0.2, 0) is 11.2 Å². The van der Waals surface area contributed by atoms with Gasteiger partial charge in [-0.1, -0.05) is 18.2 Å². The fourth-order valence-corrected chi connectivity index (χ4v) is 4.42. The Morgan fingerprint density at radius 3 is 3.05 bits per heavy atom. The number of hydrogen-bond acceptors (Lipinski definition) is 2. The normalized spacial score (nSPS) is 24.0. The molecule has 114 valence electrons. The topological polar surface area (TPSA) is 48.1 Å². The number of halogens is 1. The molecule has 1 aliphatic carbocycles. The van der Waals surface area contributed by atoms with E-state index in [1.54, 1.807) is 7.05 Å². The molecule has 1 amide bonds. The van der Waals surface area contributed by atoms with E-state index in [9.17, 15) is 4.79 Å². The van der Waals surface area contributed by atoms with Crippen LogP contribution in [0.4, 0.5) is 0 Å². The van der Waals surface area contributed by atoms with E-state index in [4.69, 9.17) is 0 Å². The molecular weight excluding hydrogens is 342 g/mol. The lowest BCUT2D eigenvalue weighted by molar-refractivity contribution is -0.123. The third-order valence-corrected chi connectivity index (χ3v) is 5.60. The third kappa shape index (κ3) is 1.88. The second-order valence-corrected chi connectivity index (χ2v) is 6.94. The summed E-state index contributed by atoms with van der Waals surface area (Å²) in [4.78, 5) is 17.8. The summed E-state index contributed by atoms with van der Waals surface area (Å²) in [7, 11) is 3.81. The molecule has 2 atom stereocenters. The molecule has 2 heterocycles. The number of likely N-dealkylation sites (N-methyl/N-ethyl adjacent to an activating group) is 1. The number of benzene rings is 1. The minimum Gasteiger partial charge on any atom is -0.359 e. The van der Waals surface area contributed by atoms with Gasteiger partial charge in [0.1, 0.15) is 0 Å². The van der Waals surface area contributed by atoms with Crippen LogP contribution in [-0.4, -0.2) is 42.5 Å². The summed E-state index contributed by atoms with van der Waals surface area (Å²) in [6.07, 6.45) is 3.14. The van der Waals surface area contributed by atoms with Gasteiger partial charge in [0.2, 0.25) is 5.91 Å². The van der Waals surface area contributed by atoms with Gasteiger partial charge in [0.15, 0.2) is 0 Å². The lowest BCUT2D eigenvalue weighted by atomic mass is 9.80. The van der Waals surface area contributed by atoms with Gasteiger partial charge in [-0.25, -0.2) is 0 Å². The maximum Gasteiger partial charge on any atom is 0.227 e. The van der Waals surface area contributed by atoms with Gasteiger partial charge in [-0.3, -0.25) is 9.69 Å². The van der Waals surface area contributed by atoms with Gasteiger partial charge in [0, 0.05) is 30.5 Å². The first-order valence-electron chi connectivity index (χ1n) is 7.53. The van der Waals surface area contributed by atoms with Crippen LogP contribution in [0.3, 0.4) is 0 Å². The lowest BCUT2D eigenvalue weighted by Crippen LogP contribution is -2.46. The summed E-state index contributed by atoms with van der Waals surface area (Å²) in [5.74, 6) is 0.00598. The Kier molecular flexibility index (Phi) is 3.16. The van der Waals surface area contributed by atoms with Gasteiger partial charge in [0.05, 0.1) is 10.5 Å². The van der Waals surface area contributed by atoms with E-state index in [1.807, 2.05) is 0 Å². The first-order valence-corrected chi connectivity index (χ1v) is 8.32. The number of rotatable bonds is 1. The molecular formula is C17H18BrN3O. The number of H-pyrrole nitrogens is 1. The van der Waals surface area contributed by atoms with Crippen molar-refractivity contribution in [3.8, 4) is 0 Å². The average Bonchev–Trinajstić information content (AvgIpc) is 2.84. The summed E-state index contributed by atoms with van der Waals surface area (Å²) < 4.78 is 1.08. The predicted molar refractivity (Wildman–Crippen MR) is 91.7 cm³/mol. The molecule has 22 heavy (non-hydrogen) atoms. The van der Waals surface area contributed by atoms with E-state index < -0.39 is 0 Å². The van der Waals surface area contributed by atoms with Gasteiger partial charge in [-0.15, -0.1) is 0 Å². The van der Waals surface area contributed by atoms with Crippen molar-refractivity contribution in [2.24, 2.45) is 5.92 Å². The maximum atomic E-state index is 12.1. The molecule has 0 saturated carbocycles. The second kappa shape index (κ2) is 4.96. The van der Waals surface area contributed by atoms with Gasteiger partial charge in [0.25, 0.3) is 0 Å². The summed E-state index contributed by atoms with van der Waals surface area (Å²) in [6, 6.07) is 6.70. The van der Waals surface area contributed by atoms with Crippen molar-refractivity contribution in [1.82, 2.24) is 15.2 Å². The van der Waals surface area contributed by atoms with Crippen LogP contribution in [0, 0.1) is 5.92 Å². The van der Waals surface area contributed by atoms with Crippen LogP contribution in [0.15, 0.2) is 28.9 Å². The number of hydrogen-bond donors (Lipinski definition) is 2. The summed E-state index contributed by atoms with van der Waals surface area (Å²) >= 11 is 3.66. The van der Waals surface area contributed by atoms with Crippen molar-refractivity contribution in [2.45, 2.75) is 12.5 Å². The third-order valence-electron chi connectivity index (χ3n) is 4.92. The molecule has 0 bridgehead atoms. The molecule has 4 rings (SSSR count). The van der Waals surface area contributed by atoms with Crippen molar-refractivity contribution in [3.05, 3.63) is 40.0 Å². The quantitative estimate of drug-likeness (QED) is 0.821. The molecule has 0 unspecified atom stereocenters. The van der Waals surface area contributed by atoms with E-state index in [2.05, 4.69) is 62.5 Å². The molecule has 2 aliphatic rings. The molecule has 2 aromatic rings. The lowest BCUT2D eigenvalue weighted by Gasteiger charge is -2.39. The number of amides is 1. The highest BCUT2D eigenvalue weighted by molar-refractivity contribution is 9.10. The molecule has 1 aromatic heterocycles. The predicted octanol–water partition coefficient (Wildman–Crippen LogP) is 2.55. The van der Waals surface area contributed by atoms with Crippen LogP contribution < -0.4 is 5.32 Å². The Morgan fingerprint density at radius 2 is 2.27 bits per heavy atom. The standard InChI is InChI=1S/C17H18BrN3O/c1-19-17(22)9-6-11-10-4-3-5-13-15(10)12(16(18)20-13)7-14(11)21(2)8-9/h3-6,9,14,20H,7-8H2,1-2H3,(H,19,22)/t9-,14-/m1/s1. The van der Waals surface area contributed by atoms with Crippen LogP contribution in [0.1, 0.15) is 11.1 Å². The highest BCUT2D eigenvalue weighted by atomic mass is 79.9. The van der Waals surface area contributed by atoms with E-state index in [-0.39, 0.29) is 11.8 Å². The molecule has 2 N–H and O–H groups in total. The zero-order chi connectivity index (χ0) is 15.4. The molecule has 0 radical (unpaired) electrons. The van der Waals surface area contributed by atoms with Crippen LogP contribution in [0.2, 0.25) is 0 Å². The first-order chi connectivity index (χ1) is 10.6. The Hall–Kier alpha value is -1.59. The Labute approximate surface area is 137 Å². The van der Waals surface area contributed by atoms with E-state index >= 15 is 0 Å². The van der Waals surface area contributed by atoms with Crippen LogP contribution in [0.5, 0.6) is 0 Å². The molecule has 0 spiro atoms. The van der Waals surface area contributed by atoms with E-state index in [0.29, 0.717) is 6.04 Å². The Bertz CT molecular complexity index is 808. The highest BCUT2D eigenvalue weighted by Gasteiger charge is 2.36. The average molecular weight is 360 g/mol. The number of carbonyl (C=O) groups excluding carboxylic acids is 1. The largest absolute Gasteiger partial charge is 0.359 e. The zero-order valence-corrected chi connectivity index (χ0v) is 14.2. The van der Waals surface area contributed by atoms with Gasteiger partial charge in [-0.2, -0.15) is 0 Å². The Morgan fingerprint density at radius 1 is 1.45 bits per heavy atom. The molecule has 4 nitrogen and oxygen atoms in total. The van der Waals surface area contributed by atoms with Gasteiger partial charge < -0.3 is 10.3 Å².